The van der Waals surface area contributed by atoms with E-state index in [1.54, 1.807) is 0 Å². The number of hydrogen-bond donors (Lipinski definition) is 0. The van der Waals surface area contributed by atoms with Gasteiger partial charge in [-0.1, -0.05) is 194 Å². The second-order valence-electron chi connectivity index (χ2n) is 16.0. The first-order valence-electron chi connectivity index (χ1n) is 21.2. The highest BCUT2D eigenvalue weighted by atomic mass is 16.3. The maximum absolute atomic E-state index is 6.69. The molecule has 63 heavy (non-hydrogen) atoms. The lowest BCUT2D eigenvalue weighted by molar-refractivity contribution is 0.669. The molecule has 12 aromatic rings. The molecule has 0 aliphatic rings. The monoisotopic (exact) mass is 803 g/mol. The van der Waals surface area contributed by atoms with Gasteiger partial charge in [-0.15, -0.1) is 0 Å². The minimum atomic E-state index is 0.674. The molecule has 0 atom stereocenters. The lowest BCUT2D eigenvalue weighted by atomic mass is 9.96. The Morgan fingerprint density at radius 2 is 0.841 bits per heavy atom. The summed E-state index contributed by atoms with van der Waals surface area (Å²) in [7, 11) is 0. The number of furan rings is 1. The van der Waals surface area contributed by atoms with Crippen molar-refractivity contribution in [2.24, 2.45) is 0 Å². The van der Waals surface area contributed by atoms with Gasteiger partial charge < -0.3 is 4.42 Å². The Bertz CT molecular complexity index is 3540. The molecule has 3 heterocycles. The van der Waals surface area contributed by atoms with Crippen LogP contribution in [0.1, 0.15) is 0 Å². The quantitative estimate of drug-likeness (QED) is 0.161. The molecule has 12 rings (SSSR count). The summed E-state index contributed by atoms with van der Waals surface area (Å²) in [4.78, 5) is 15.8. The number of pyridine rings is 1. The number of para-hydroxylation sites is 1. The van der Waals surface area contributed by atoms with Gasteiger partial charge in [-0.25, -0.2) is 15.0 Å². The molecule has 0 bridgehead atoms. The zero-order valence-corrected chi connectivity index (χ0v) is 34.1. The molecule has 294 valence electrons. The molecule has 0 N–H and O–H groups in total. The predicted molar refractivity (Wildman–Crippen MR) is 260 cm³/mol. The van der Waals surface area contributed by atoms with Crippen molar-refractivity contribution in [3.63, 3.8) is 0 Å². The summed E-state index contributed by atoms with van der Waals surface area (Å²) in [6.45, 7) is 0. The van der Waals surface area contributed by atoms with E-state index >= 15 is 0 Å². The van der Waals surface area contributed by atoms with Crippen molar-refractivity contribution in [3.05, 3.63) is 224 Å². The molecule has 0 aliphatic carbocycles. The number of nitrogens with zero attached hydrogens (tertiary/aromatic N) is 3. The van der Waals surface area contributed by atoms with Crippen LogP contribution in [0.3, 0.4) is 0 Å². The largest absolute Gasteiger partial charge is 0.454 e. The van der Waals surface area contributed by atoms with Gasteiger partial charge in [-0.2, -0.15) is 0 Å². The number of rotatable bonds is 7. The number of aromatic nitrogens is 3. The van der Waals surface area contributed by atoms with Gasteiger partial charge in [-0.05, 0) is 74.5 Å². The van der Waals surface area contributed by atoms with Crippen LogP contribution in [0.4, 0.5) is 0 Å². The van der Waals surface area contributed by atoms with Crippen LogP contribution in [0.15, 0.2) is 229 Å². The lowest BCUT2D eigenvalue weighted by Crippen LogP contribution is -1.96. The Hall–Kier alpha value is -8.47. The highest BCUT2D eigenvalue weighted by Gasteiger charge is 2.20. The minimum Gasteiger partial charge on any atom is -0.454 e. The smallest absolute Gasteiger partial charge is 0.162 e. The van der Waals surface area contributed by atoms with Crippen molar-refractivity contribution in [2.75, 3.05) is 0 Å². The molecule has 4 nitrogen and oxygen atoms in total. The molecule has 0 radical (unpaired) electrons. The normalized spacial score (nSPS) is 11.5. The van der Waals surface area contributed by atoms with E-state index in [1.165, 1.54) is 16.5 Å². The van der Waals surface area contributed by atoms with Gasteiger partial charge in [0.15, 0.2) is 11.4 Å². The Balaban J connectivity index is 0.981. The SMILES string of the molecule is c1ccc(-c2ccc(-c3cc(-c4cccc(-c5ccc6nc(-c7cccc8ccccc78)c7oc8ccccc8c7c6c5)c4)nc(-c4ccc(-c5ccccc5)cc4)n3)cc2)cc1. The van der Waals surface area contributed by atoms with Gasteiger partial charge in [0, 0.05) is 38.4 Å². The van der Waals surface area contributed by atoms with Crippen molar-refractivity contribution >= 4 is 43.6 Å². The molecule has 0 saturated heterocycles. The fraction of sp³-hybridized carbons (Fsp3) is 0. The van der Waals surface area contributed by atoms with Crippen LogP contribution in [-0.2, 0) is 0 Å². The minimum absolute atomic E-state index is 0.674. The van der Waals surface area contributed by atoms with Crippen LogP contribution in [0, 0.1) is 0 Å². The highest BCUT2D eigenvalue weighted by Crippen LogP contribution is 2.42. The third-order valence-corrected chi connectivity index (χ3v) is 12.1. The number of fused-ring (bicyclic) bond motifs is 6. The van der Waals surface area contributed by atoms with E-state index in [0.29, 0.717) is 5.82 Å². The topological polar surface area (TPSA) is 51.8 Å². The van der Waals surface area contributed by atoms with E-state index in [2.05, 4.69) is 200 Å². The van der Waals surface area contributed by atoms with Gasteiger partial charge in [0.05, 0.1) is 16.9 Å². The van der Waals surface area contributed by atoms with Crippen LogP contribution < -0.4 is 0 Å². The molecule has 0 spiro atoms. The van der Waals surface area contributed by atoms with E-state index in [-0.39, 0.29) is 0 Å². The van der Waals surface area contributed by atoms with Gasteiger partial charge in [0.2, 0.25) is 0 Å². The Labute approximate surface area is 364 Å². The number of benzene rings is 9. The first-order valence-corrected chi connectivity index (χ1v) is 21.2. The molecule has 0 saturated carbocycles. The highest BCUT2D eigenvalue weighted by molar-refractivity contribution is 6.22. The summed E-state index contributed by atoms with van der Waals surface area (Å²) in [5.74, 6) is 0.674. The molecule has 9 aromatic carbocycles. The van der Waals surface area contributed by atoms with Crippen molar-refractivity contribution in [1.82, 2.24) is 15.0 Å². The molecule has 4 heteroatoms. The summed E-state index contributed by atoms with van der Waals surface area (Å²) in [5, 5.41) is 5.50. The molecule has 0 unspecified atom stereocenters. The van der Waals surface area contributed by atoms with Gasteiger partial charge >= 0.3 is 0 Å². The fourth-order valence-electron chi connectivity index (χ4n) is 8.92. The molecular weight excluding hydrogens is 767 g/mol. The van der Waals surface area contributed by atoms with E-state index in [9.17, 15) is 0 Å². The molecule has 0 aliphatic heterocycles. The summed E-state index contributed by atoms with van der Waals surface area (Å²) < 4.78 is 6.69. The van der Waals surface area contributed by atoms with Gasteiger partial charge in [-0.3, -0.25) is 0 Å². The molecule has 0 amide bonds. The summed E-state index contributed by atoms with van der Waals surface area (Å²) >= 11 is 0. The average Bonchev–Trinajstić information content (AvgIpc) is 3.77. The van der Waals surface area contributed by atoms with Crippen LogP contribution in [0.5, 0.6) is 0 Å². The Kier molecular flexibility index (Phi) is 8.79. The summed E-state index contributed by atoms with van der Waals surface area (Å²) in [6.07, 6.45) is 0. The van der Waals surface area contributed by atoms with Crippen LogP contribution in [0.2, 0.25) is 0 Å². The predicted octanol–water partition coefficient (Wildman–Crippen LogP) is 15.7. The second-order valence-corrected chi connectivity index (χ2v) is 16.0. The standard InChI is InChI=1S/C59H37N3O/c1-3-13-38(14-4-1)40-25-29-43(30-26-40)53-37-54(62-59(61-53)44-31-27-41(28-32-44)39-15-5-2-6-16-39)47-20-11-19-45(35-47)46-33-34-52-51(36-46)56-50-22-9-10-24-55(50)63-58(56)57(60-52)49-23-12-18-42-17-7-8-21-48(42)49/h1-37H. The Morgan fingerprint density at radius 3 is 1.59 bits per heavy atom. The van der Waals surface area contributed by atoms with E-state index in [4.69, 9.17) is 19.4 Å². The van der Waals surface area contributed by atoms with E-state index in [0.717, 1.165) is 99.8 Å². The van der Waals surface area contributed by atoms with E-state index in [1.807, 2.05) is 24.3 Å². The molecule has 0 fully saturated rings. The zero-order valence-electron chi connectivity index (χ0n) is 34.1. The fourth-order valence-corrected chi connectivity index (χ4v) is 8.92. The number of hydrogen-bond acceptors (Lipinski definition) is 4. The van der Waals surface area contributed by atoms with E-state index < -0.39 is 0 Å². The van der Waals surface area contributed by atoms with Crippen LogP contribution in [0.25, 0.3) is 122 Å². The van der Waals surface area contributed by atoms with Gasteiger partial charge in [0.1, 0.15) is 11.3 Å². The van der Waals surface area contributed by atoms with Crippen molar-refractivity contribution in [2.45, 2.75) is 0 Å². The van der Waals surface area contributed by atoms with Gasteiger partial charge in [0.25, 0.3) is 0 Å². The van der Waals surface area contributed by atoms with Crippen LogP contribution in [-0.4, -0.2) is 15.0 Å². The average molecular weight is 804 g/mol. The van der Waals surface area contributed by atoms with Crippen LogP contribution >= 0.6 is 0 Å². The first-order chi connectivity index (χ1) is 31.2. The molecular formula is C59H37N3O. The maximum atomic E-state index is 6.69. The third kappa shape index (κ3) is 6.62. The zero-order chi connectivity index (χ0) is 41.7. The van der Waals surface area contributed by atoms with Crippen molar-refractivity contribution in [3.8, 4) is 78.5 Å². The first kappa shape index (κ1) is 36.4. The molecule has 3 aromatic heterocycles. The van der Waals surface area contributed by atoms with Crippen molar-refractivity contribution in [1.29, 1.82) is 0 Å². The maximum Gasteiger partial charge on any atom is 0.162 e. The van der Waals surface area contributed by atoms with Crippen molar-refractivity contribution < 1.29 is 4.42 Å². The third-order valence-electron chi connectivity index (χ3n) is 12.1. The summed E-state index contributed by atoms with van der Waals surface area (Å²) in [5.41, 5.74) is 16.0. The summed E-state index contributed by atoms with van der Waals surface area (Å²) in [6, 6.07) is 78.6. The second kappa shape index (κ2) is 15.2. The lowest BCUT2D eigenvalue weighted by Gasteiger charge is -2.12. The Morgan fingerprint density at radius 1 is 0.317 bits per heavy atom.